The van der Waals surface area contributed by atoms with Crippen LogP contribution in [0.15, 0.2) is 42.5 Å². The van der Waals surface area contributed by atoms with Gasteiger partial charge in [-0.15, -0.1) is 0 Å². The van der Waals surface area contributed by atoms with E-state index < -0.39 is 6.10 Å². The van der Waals surface area contributed by atoms with Gasteiger partial charge in [0.25, 0.3) is 5.91 Å². The fraction of sp³-hybridized carbons (Fsp3) is 0.458. The minimum absolute atomic E-state index is 0.0747. The Kier molecular flexibility index (Phi) is 7.54. The standard InChI is InChI=1S/C24H33NO4/c1-8-21(29-18-11-9-17(10-12-18)24(3,4)5)23(26)25-16(2)20-15-19(27-6)13-14-22(20)28-7/h9-16,21H,8H2,1-7H3,(H,25,26)/t16-,21-/m0/s1. The summed E-state index contributed by atoms with van der Waals surface area (Å²) < 4.78 is 16.7. The highest BCUT2D eigenvalue weighted by Gasteiger charge is 2.23. The summed E-state index contributed by atoms with van der Waals surface area (Å²) in [5.41, 5.74) is 2.15. The zero-order valence-corrected chi connectivity index (χ0v) is 18.5. The number of nitrogens with one attached hydrogen (secondary N) is 1. The van der Waals surface area contributed by atoms with Crippen LogP contribution in [-0.4, -0.2) is 26.2 Å². The van der Waals surface area contributed by atoms with Crippen LogP contribution in [0.2, 0.25) is 0 Å². The Balaban J connectivity index is 2.10. The van der Waals surface area contributed by atoms with Gasteiger partial charge in [-0.1, -0.05) is 39.8 Å². The third-order valence-electron chi connectivity index (χ3n) is 4.92. The van der Waals surface area contributed by atoms with Gasteiger partial charge in [0.1, 0.15) is 17.2 Å². The Bertz CT molecular complexity index is 809. The zero-order chi connectivity index (χ0) is 21.6. The van der Waals surface area contributed by atoms with E-state index in [-0.39, 0.29) is 17.4 Å². The molecule has 0 saturated heterocycles. The van der Waals surface area contributed by atoms with Crippen molar-refractivity contribution in [2.45, 2.75) is 58.6 Å². The first-order chi connectivity index (χ1) is 13.7. The molecule has 0 aromatic heterocycles. The van der Waals surface area contributed by atoms with Crippen molar-refractivity contribution in [1.82, 2.24) is 5.32 Å². The number of methoxy groups -OCH3 is 2. The molecule has 0 unspecified atom stereocenters. The molecule has 0 aliphatic carbocycles. The van der Waals surface area contributed by atoms with Crippen molar-refractivity contribution in [3.8, 4) is 17.2 Å². The molecule has 1 N–H and O–H groups in total. The summed E-state index contributed by atoms with van der Waals surface area (Å²) in [6, 6.07) is 13.2. The maximum Gasteiger partial charge on any atom is 0.261 e. The number of ether oxygens (including phenoxy) is 3. The molecular formula is C24H33NO4. The van der Waals surface area contributed by atoms with E-state index in [1.807, 2.05) is 56.3 Å². The summed E-state index contributed by atoms with van der Waals surface area (Å²) in [7, 11) is 3.22. The van der Waals surface area contributed by atoms with Crippen LogP contribution in [0.25, 0.3) is 0 Å². The molecule has 2 rings (SSSR count). The van der Waals surface area contributed by atoms with Gasteiger partial charge in [-0.25, -0.2) is 0 Å². The first-order valence-electron chi connectivity index (χ1n) is 9.99. The van der Waals surface area contributed by atoms with E-state index in [9.17, 15) is 4.79 Å². The largest absolute Gasteiger partial charge is 0.497 e. The predicted octanol–water partition coefficient (Wildman–Crippen LogP) is 5.04. The third-order valence-corrected chi connectivity index (χ3v) is 4.92. The number of amides is 1. The van der Waals surface area contributed by atoms with Crippen LogP contribution in [0.5, 0.6) is 17.2 Å². The van der Waals surface area contributed by atoms with Gasteiger partial charge in [0.15, 0.2) is 6.10 Å². The molecule has 1 amide bonds. The minimum atomic E-state index is -0.575. The first-order valence-corrected chi connectivity index (χ1v) is 9.99. The summed E-state index contributed by atoms with van der Waals surface area (Å²) in [5.74, 6) is 1.94. The van der Waals surface area contributed by atoms with E-state index in [4.69, 9.17) is 14.2 Å². The highest BCUT2D eigenvalue weighted by Crippen LogP contribution is 2.29. The average Bonchev–Trinajstić information content (AvgIpc) is 2.70. The fourth-order valence-electron chi connectivity index (χ4n) is 3.08. The number of carbonyl (C=O) groups is 1. The van der Waals surface area contributed by atoms with Gasteiger partial charge >= 0.3 is 0 Å². The maximum atomic E-state index is 12.8. The molecular weight excluding hydrogens is 366 g/mol. The number of benzene rings is 2. The molecule has 2 atom stereocenters. The Morgan fingerprint density at radius 3 is 2.14 bits per heavy atom. The van der Waals surface area contributed by atoms with Crippen LogP contribution in [0.4, 0.5) is 0 Å². The Morgan fingerprint density at radius 1 is 1.00 bits per heavy atom. The van der Waals surface area contributed by atoms with Crippen LogP contribution in [-0.2, 0) is 10.2 Å². The maximum absolute atomic E-state index is 12.8. The van der Waals surface area contributed by atoms with Gasteiger partial charge in [-0.2, -0.15) is 0 Å². The van der Waals surface area contributed by atoms with Crippen molar-refractivity contribution >= 4 is 5.91 Å². The van der Waals surface area contributed by atoms with Crippen LogP contribution in [0.3, 0.4) is 0 Å². The van der Waals surface area contributed by atoms with Gasteiger partial charge in [-0.05, 0) is 54.7 Å². The highest BCUT2D eigenvalue weighted by atomic mass is 16.5. The lowest BCUT2D eigenvalue weighted by molar-refractivity contribution is -0.128. The summed E-state index contributed by atoms with van der Waals surface area (Å²) >= 11 is 0. The normalized spacial score (nSPS) is 13.3. The summed E-state index contributed by atoms with van der Waals surface area (Å²) in [6.45, 7) is 10.3. The van der Waals surface area contributed by atoms with E-state index >= 15 is 0 Å². The van der Waals surface area contributed by atoms with Crippen LogP contribution >= 0.6 is 0 Å². The second-order valence-corrected chi connectivity index (χ2v) is 8.13. The number of carbonyl (C=O) groups excluding carboxylic acids is 1. The van der Waals surface area contributed by atoms with Crippen molar-refractivity contribution in [3.05, 3.63) is 53.6 Å². The molecule has 0 aliphatic rings. The van der Waals surface area contributed by atoms with Crippen molar-refractivity contribution in [3.63, 3.8) is 0 Å². The predicted molar refractivity (Wildman–Crippen MR) is 116 cm³/mol. The van der Waals surface area contributed by atoms with Crippen molar-refractivity contribution in [2.24, 2.45) is 0 Å². The fourth-order valence-corrected chi connectivity index (χ4v) is 3.08. The highest BCUT2D eigenvalue weighted by molar-refractivity contribution is 5.81. The second-order valence-electron chi connectivity index (χ2n) is 8.13. The molecule has 0 radical (unpaired) electrons. The molecule has 0 aliphatic heterocycles. The molecule has 0 fully saturated rings. The van der Waals surface area contributed by atoms with Crippen LogP contribution in [0.1, 0.15) is 58.2 Å². The SMILES string of the molecule is CC[C@H](Oc1ccc(C(C)(C)C)cc1)C(=O)N[C@@H](C)c1cc(OC)ccc1OC. The van der Waals surface area contributed by atoms with E-state index in [1.54, 1.807) is 14.2 Å². The molecule has 29 heavy (non-hydrogen) atoms. The van der Waals surface area contributed by atoms with Gasteiger partial charge in [0.2, 0.25) is 0 Å². The topological polar surface area (TPSA) is 56.8 Å². The molecule has 5 nitrogen and oxygen atoms in total. The number of hydrogen-bond donors (Lipinski definition) is 1. The van der Waals surface area contributed by atoms with E-state index in [0.29, 0.717) is 23.7 Å². The molecule has 5 heteroatoms. The average molecular weight is 400 g/mol. The van der Waals surface area contributed by atoms with Crippen molar-refractivity contribution in [2.75, 3.05) is 14.2 Å². The quantitative estimate of drug-likeness (QED) is 0.676. The summed E-state index contributed by atoms with van der Waals surface area (Å²) in [4.78, 5) is 12.8. The smallest absolute Gasteiger partial charge is 0.261 e. The molecule has 0 spiro atoms. The van der Waals surface area contributed by atoms with Gasteiger partial charge in [0, 0.05) is 5.56 Å². The third kappa shape index (κ3) is 5.89. The number of hydrogen-bond acceptors (Lipinski definition) is 4. The Morgan fingerprint density at radius 2 is 1.62 bits per heavy atom. The van der Waals surface area contributed by atoms with Crippen molar-refractivity contribution < 1.29 is 19.0 Å². The summed E-state index contributed by atoms with van der Waals surface area (Å²) in [5, 5.41) is 3.03. The molecule has 2 aromatic rings. The lowest BCUT2D eigenvalue weighted by atomic mass is 9.87. The molecule has 0 bridgehead atoms. The van der Waals surface area contributed by atoms with Gasteiger partial charge in [-0.3, -0.25) is 4.79 Å². The van der Waals surface area contributed by atoms with E-state index in [0.717, 1.165) is 5.56 Å². The van der Waals surface area contributed by atoms with Crippen molar-refractivity contribution in [1.29, 1.82) is 0 Å². The molecule has 0 saturated carbocycles. The first kappa shape index (κ1) is 22.6. The molecule has 158 valence electrons. The van der Waals surface area contributed by atoms with E-state index in [2.05, 4.69) is 26.1 Å². The van der Waals surface area contributed by atoms with E-state index in [1.165, 1.54) is 5.56 Å². The lowest BCUT2D eigenvalue weighted by Crippen LogP contribution is -2.39. The van der Waals surface area contributed by atoms with Gasteiger partial charge < -0.3 is 19.5 Å². The Hall–Kier alpha value is -2.69. The molecule has 2 aromatic carbocycles. The van der Waals surface area contributed by atoms with Gasteiger partial charge in [0.05, 0.1) is 20.3 Å². The number of rotatable bonds is 8. The Labute approximate surface area is 174 Å². The zero-order valence-electron chi connectivity index (χ0n) is 18.5. The summed E-state index contributed by atoms with van der Waals surface area (Å²) in [6.07, 6.45) is -0.0102. The second kappa shape index (κ2) is 9.68. The minimum Gasteiger partial charge on any atom is -0.497 e. The van der Waals surface area contributed by atoms with Crippen LogP contribution in [0, 0.1) is 0 Å². The van der Waals surface area contributed by atoms with Crippen LogP contribution < -0.4 is 19.5 Å². The molecule has 0 heterocycles. The monoisotopic (exact) mass is 399 g/mol. The lowest BCUT2D eigenvalue weighted by Gasteiger charge is -2.23.